The maximum atomic E-state index is 14.1. The van der Waals surface area contributed by atoms with Crippen molar-refractivity contribution in [3.63, 3.8) is 0 Å². The topological polar surface area (TPSA) is 71.6 Å². The molecule has 1 heterocycles. The van der Waals surface area contributed by atoms with Crippen molar-refractivity contribution >= 4 is 27.8 Å². The molecule has 2 N–H and O–H groups in total. The van der Waals surface area contributed by atoms with Crippen LogP contribution < -0.4 is 9.47 Å². The van der Waals surface area contributed by atoms with Gasteiger partial charge in [0.15, 0.2) is 0 Å². The van der Waals surface area contributed by atoms with Gasteiger partial charge in [0.05, 0.1) is 12.1 Å². The first-order valence-electron chi connectivity index (χ1n) is 11.4. The summed E-state index contributed by atoms with van der Waals surface area (Å²) in [5.41, 5.74) is 4.79. The molecule has 0 aliphatic heterocycles. The number of hydrogen-bond donors (Lipinski definition) is 2. The lowest BCUT2D eigenvalue weighted by molar-refractivity contribution is 0.142. The van der Waals surface area contributed by atoms with Crippen molar-refractivity contribution in [3.05, 3.63) is 95.8 Å². The van der Waals surface area contributed by atoms with Crippen molar-refractivity contribution in [2.45, 2.75) is 19.8 Å². The first-order valence-corrected chi connectivity index (χ1v) is 11.4. The van der Waals surface area contributed by atoms with E-state index in [2.05, 4.69) is 4.98 Å². The molecule has 0 unspecified atom stereocenters. The normalized spacial score (nSPS) is 11.1. The summed E-state index contributed by atoms with van der Waals surface area (Å²) in [7, 11) is 0. The van der Waals surface area contributed by atoms with Gasteiger partial charge in [-0.15, -0.1) is 0 Å². The van der Waals surface area contributed by atoms with Crippen molar-refractivity contribution in [1.82, 2.24) is 4.98 Å². The third-order valence-electron chi connectivity index (χ3n) is 6.19. The molecule has 0 bridgehead atoms. The molecule has 5 rings (SSSR count). The number of halogens is 1. The largest absolute Gasteiger partial charge is 0.512 e. The lowest BCUT2D eigenvalue weighted by Gasteiger charge is -2.10. The molecule has 0 radical (unpaired) electrons. The Labute approximate surface area is 201 Å². The quantitative estimate of drug-likeness (QED) is 0.191. The fraction of sp³-hybridized carbons (Fsp3) is 0.138. The number of H-pyrrole nitrogens is 1. The van der Waals surface area contributed by atoms with E-state index >= 15 is 0 Å². The minimum Gasteiger partial charge on any atom is -0.493 e. The van der Waals surface area contributed by atoms with Crippen LogP contribution in [0.4, 0.5) is 9.18 Å². The van der Waals surface area contributed by atoms with Gasteiger partial charge in [-0.25, -0.2) is 9.18 Å². The smallest absolute Gasteiger partial charge is 0.493 e. The Morgan fingerprint density at radius 2 is 1.60 bits per heavy atom. The number of benzene rings is 4. The van der Waals surface area contributed by atoms with Crippen molar-refractivity contribution < 1.29 is 23.8 Å². The summed E-state index contributed by atoms with van der Waals surface area (Å²) in [6.45, 7) is 2.43. The van der Waals surface area contributed by atoms with Crippen molar-refractivity contribution in [3.8, 4) is 22.8 Å². The first-order chi connectivity index (χ1) is 17.0. The van der Waals surface area contributed by atoms with Gasteiger partial charge in [0.25, 0.3) is 0 Å². The molecule has 0 fully saturated rings. The first kappa shape index (κ1) is 22.5. The van der Waals surface area contributed by atoms with Gasteiger partial charge in [-0.1, -0.05) is 66.7 Å². The fourth-order valence-electron chi connectivity index (χ4n) is 4.56. The SMILES string of the molecule is Cc1ccccc1-c1cccc2c(CCCOc3ccc(F)c4ccccc34)c(OC(=O)O)[nH]c12. The van der Waals surface area contributed by atoms with Gasteiger partial charge in [-0.3, -0.25) is 0 Å². The maximum absolute atomic E-state index is 14.1. The third kappa shape index (κ3) is 4.43. The number of hydrogen-bond acceptors (Lipinski definition) is 3. The zero-order chi connectivity index (χ0) is 24.4. The van der Waals surface area contributed by atoms with Crippen LogP contribution in [-0.2, 0) is 6.42 Å². The van der Waals surface area contributed by atoms with Gasteiger partial charge < -0.3 is 19.6 Å². The van der Waals surface area contributed by atoms with Crippen LogP contribution in [0.3, 0.4) is 0 Å². The maximum Gasteiger partial charge on any atom is 0.512 e. The lowest BCUT2D eigenvalue weighted by atomic mass is 9.97. The Morgan fingerprint density at radius 3 is 2.40 bits per heavy atom. The van der Waals surface area contributed by atoms with Gasteiger partial charge in [0.1, 0.15) is 11.6 Å². The molecule has 6 heteroatoms. The van der Waals surface area contributed by atoms with Crippen LogP contribution in [0.2, 0.25) is 0 Å². The van der Waals surface area contributed by atoms with Crippen LogP contribution >= 0.6 is 0 Å². The van der Waals surface area contributed by atoms with Crippen molar-refractivity contribution in [2.24, 2.45) is 0 Å². The molecule has 0 amide bonds. The number of carboxylic acid groups (broad SMARTS) is 1. The lowest BCUT2D eigenvalue weighted by Crippen LogP contribution is -2.06. The van der Waals surface area contributed by atoms with Gasteiger partial charge >= 0.3 is 6.16 Å². The second-order valence-electron chi connectivity index (χ2n) is 8.39. The molecule has 176 valence electrons. The zero-order valence-electron chi connectivity index (χ0n) is 19.2. The van der Waals surface area contributed by atoms with E-state index in [1.54, 1.807) is 18.2 Å². The molecule has 0 aliphatic rings. The van der Waals surface area contributed by atoms with E-state index in [1.165, 1.54) is 6.07 Å². The van der Waals surface area contributed by atoms with E-state index in [0.29, 0.717) is 30.6 Å². The summed E-state index contributed by atoms with van der Waals surface area (Å²) in [5, 5.41) is 11.4. The Morgan fingerprint density at radius 1 is 0.886 bits per heavy atom. The molecule has 1 aromatic heterocycles. The summed E-state index contributed by atoms with van der Waals surface area (Å²) in [5.74, 6) is 0.553. The number of aromatic nitrogens is 1. The van der Waals surface area contributed by atoms with Crippen molar-refractivity contribution in [2.75, 3.05) is 6.61 Å². The van der Waals surface area contributed by atoms with Crippen LogP contribution in [-0.4, -0.2) is 22.9 Å². The van der Waals surface area contributed by atoms with Crippen LogP contribution in [0.15, 0.2) is 78.9 Å². The van der Waals surface area contributed by atoms with E-state index in [1.807, 2.05) is 61.5 Å². The highest BCUT2D eigenvalue weighted by molar-refractivity contribution is 5.98. The van der Waals surface area contributed by atoms with Gasteiger partial charge in [0, 0.05) is 27.3 Å². The summed E-state index contributed by atoms with van der Waals surface area (Å²) >= 11 is 0. The van der Waals surface area contributed by atoms with Crippen LogP contribution in [0.25, 0.3) is 32.8 Å². The molecule has 4 aromatic carbocycles. The Hall–Kier alpha value is -4.32. The number of carbonyl (C=O) groups is 1. The summed E-state index contributed by atoms with van der Waals surface area (Å²) < 4.78 is 25.2. The fourth-order valence-corrected chi connectivity index (χ4v) is 4.56. The summed E-state index contributed by atoms with van der Waals surface area (Å²) in [6.07, 6.45) is -0.216. The average Bonchev–Trinajstić information content (AvgIpc) is 3.20. The molecule has 0 atom stereocenters. The second kappa shape index (κ2) is 9.50. The molecule has 5 aromatic rings. The van der Waals surface area contributed by atoms with E-state index in [4.69, 9.17) is 9.47 Å². The third-order valence-corrected chi connectivity index (χ3v) is 6.19. The Bertz CT molecular complexity index is 1540. The minimum absolute atomic E-state index is 0.223. The van der Waals surface area contributed by atoms with Gasteiger partial charge in [-0.2, -0.15) is 0 Å². The number of fused-ring (bicyclic) bond motifs is 2. The van der Waals surface area contributed by atoms with E-state index < -0.39 is 6.16 Å². The molecule has 35 heavy (non-hydrogen) atoms. The number of aryl methyl sites for hydroxylation is 2. The van der Waals surface area contributed by atoms with Crippen LogP contribution in [0.1, 0.15) is 17.5 Å². The van der Waals surface area contributed by atoms with Gasteiger partial charge in [-0.05, 0) is 43.0 Å². The zero-order valence-corrected chi connectivity index (χ0v) is 19.2. The number of rotatable bonds is 7. The number of ether oxygens (including phenoxy) is 2. The Kier molecular flexibility index (Phi) is 6.10. The molecule has 0 saturated heterocycles. The predicted octanol–water partition coefficient (Wildman–Crippen LogP) is 7.50. The molecular weight excluding hydrogens is 445 g/mol. The molecular formula is C29H24FNO4. The molecule has 5 nitrogen and oxygen atoms in total. The number of nitrogens with one attached hydrogen (secondary N) is 1. The summed E-state index contributed by atoms with van der Waals surface area (Å²) in [6, 6.07) is 24.2. The monoisotopic (exact) mass is 469 g/mol. The van der Waals surface area contributed by atoms with E-state index in [0.717, 1.165) is 38.5 Å². The highest BCUT2D eigenvalue weighted by atomic mass is 19.1. The predicted molar refractivity (Wildman–Crippen MR) is 135 cm³/mol. The average molecular weight is 470 g/mol. The standard InChI is InChI=1S/C29H24FNO4/c1-18-8-2-3-9-19(18)22-12-6-13-23-24(28(31-27(22)23)35-29(32)33)14-7-17-34-26-16-15-25(30)20-10-4-5-11-21(20)26/h2-6,8-13,15-16,31H,7,14,17H2,1H3,(H,32,33). The molecule has 0 saturated carbocycles. The number of aromatic amines is 1. The molecule has 0 aliphatic carbocycles. The van der Waals surface area contributed by atoms with Gasteiger partial charge in [0.2, 0.25) is 5.88 Å². The summed E-state index contributed by atoms with van der Waals surface area (Å²) in [4.78, 5) is 14.6. The van der Waals surface area contributed by atoms with Crippen molar-refractivity contribution in [1.29, 1.82) is 0 Å². The minimum atomic E-state index is -1.37. The second-order valence-corrected chi connectivity index (χ2v) is 8.39. The highest BCUT2D eigenvalue weighted by Gasteiger charge is 2.18. The van der Waals surface area contributed by atoms with Crippen LogP contribution in [0.5, 0.6) is 11.6 Å². The van der Waals surface area contributed by atoms with E-state index in [-0.39, 0.29) is 11.7 Å². The molecule has 0 spiro atoms. The van der Waals surface area contributed by atoms with Crippen LogP contribution in [0, 0.1) is 12.7 Å². The Balaban J connectivity index is 1.42. The number of para-hydroxylation sites is 1. The van der Waals surface area contributed by atoms with E-state index in [9.17, 15) is 14.3 Å². The highest BCUT2D eigenvalue weighted by Crippen LogP contribution is 2.37.